The second-order valence-electron chi connectivity index (χ2n) is 4.03. The van der Waals surface area contributed by atoms with Crippen LogP contribution in [0.15, 0.2) is 0 Å². The average Bonchev–Trinajstić information content (AvgIpc) is 1.99. The summed E-state index contributed by atoms with van der Waals surface area (Å²) in [5.74, 6) is -0.695. The summed E-state index contributed by atoms with van der Waals surface area (Å²) in [6.45, 7) is 5.29. The molecule has 0 aromatic heterocycles. The van der Waals surface area contributed by atoms with Gasteiger partial charge >= 0.3 is 0 Å². The minimum Gasteiger partial charge on any atom is -0.370 e. The Morgan fingerprint density at radius 3 is 2.29 bits per heavy atom. The van der Waals surface area contributed by atoms with Crippen molar-refractivity contribution in [1.82, 2.24) is 5.32 Å². The second kappa shape index (κ2) is 4.95. The first kappa shape index (κ1) is 12.9. The molecule has 0 aromatic carbocycles. The number of carbonyl (C=O) groups excluding carboxylic acids is 2. The first-order valence-electron chi connectivity index (χ1n) is 4.64. The van der Waals surface area contributed by atoms with Crippen LogP contribution in [0.4, 0.5) is 0 Å². The molecule has 0 saturated carbocycles. The Balaban J connectivity index is 4.21. The van der Waals surface area contributed by atoms with Gasteiger partial charge < -0.3 is 16.8 Å². The summed E-state index contributed by atoms with van der Waals surface area (Å²) < 4.78 is 0. The third-order valence-corrected chi connectivity index (χ3v) is 1.85. The van der Waals surface area contributed by atoms with Crippen LogP contribution < -0.4 is 16.8 Å². The predicted octanol–water partition coefficient (Wildman–Crippen LogP) is -0.506. The molecule has 0 aromatic rings. The zero-order chi connectivity index (χ0) is 11.4. The van der Waals surface area contributed by atoms with E-state index < -0.39 is 17.5 Å². The van der Waals surface area contributed by atoms with Crippen molar-refractivity contribution in [2.75, 3.05) is 0 Å². The molecule has 0 bridgehead atoms. The molecule has 0 unspecified atom stereocenters. The molecule has 5 heteroatoms. The van der Waals surface area contributed by atoms with Gasteiger partial charge in [-0.3, -0.25) is 9.59 Å². The first-order chi connectivity index (χ1) is 6.28. The molecular weight excluding hydrogens is 182 g/mol. The number of nitrogens with one attached hydrogen (secondary N) is 1. The van der Waals surface area contributed by atoms with Crippen molar-refractivity contribution in [2.45, 2.75) is 45.2 Å². The number of rotatable bonds is 5. The molecule has 5 N–H and O–H groups in total. The van der Waals surface area contributed by atoms with Gasteiger partial charge in [-0.25, -0.2) is 0 Å². The van der Waals surface area contributed by atoms with Crippen LogP contribution in [-0.2, 0) is 9.59 Å². The Morgan fingerprint density at radius 1 is 1.43 bits per heavy atom. The van der Waals surface area contributed by atoms with Gasteiger partial charge in [0.05, 0.1) is 6.04 Å². The molecule has 1 atom stereocenters. The molecule has 82 valence electrons. The molecule has 0 heterocycles. The normalized spacial score (nSPS) is 13.4. The fourth-order valence-electron chi connectivity index (χ4n) is 1.09. The average molecular weight is 201 g/mol. The third kappa shape index (κ3) is 4.81. The number of primary amides is 1. The van der Waals surface area contributed by atoms with Gasteiger partial charge in [0.1, 0.15) is 0 Å². The molecule has 0 rings (SSSR count). The third-order valence-electron chi connectivity index (χ3n) is 1.85. The van der Waals surface area contributed by atoms with Crippen molar-refractivity contribution < 1.29 is 9.59 Å². The van der Waals surface area contributed by atoms with E-state index in [2.05, 4.69) is 5.32 Å². The topological polar surface area (TPSA) is 98.2 Å². The molecular formula is C9H19N3O2. The summed E-state index contributed by atoms with van der Waals surface area (Å²) in [5, 5.41) is 2.67. The van der Waals surface area contributed by atoms with E-state index in [9.17, 15) is 9.59 Å². The predicted molar refractivity (Wildman–Crippen MR) is 54.3 cm³/mol. The van der Waals surface area contributed by atoms with Crippen LogP contribution in [0.3, 0.4) is 0 Å². The van der Waals surface area contributed by atoms with Gasteiger partial charge in [-0.15, -0.1) is 0 Å². The molecule has 0 saturated heterocycles. The first-order valence-corrected chi connectivity index (χ1v) is 4.64. The summed E-state index contributed by atoms with van der Waals surface area (Å²) in [4.78, 5) is 22.1. The molecule has 0 radical (unpaired) electrons. The fourth-order valence-corrected chi connectivity index (χ4v) is 1.09. The van der Waals surface area contributed by atoms with Gasteiger partial charge in [0.2, 0.25) is 11.8 Å². The Bertz CT molecular complexity index is 226. The minimum absolute atomic E-state index is 0.106. The minimum atomic E-state index is -0.629. The molecule has 0 spiro atoms. The van der Waals surface area contributed by atoms with Crippen molar-refractivity contribution in [3.63, 3.8) is 0 Å². The van der Waals surface area contributed by atoms with Crippen LogP contribution in [0, 0.1) is 0 Å². The molecule has 0 aliphatic rings. The number of carbonyl (C=O) groups is 2. The number of hydrogen-bond donors (Lipinski definition) is 3. The van der Waals surface area contributed by atoms with E-state index in [1.165, 1.54) is 0 Å². The van der Waals surface area contributed by atoms with Crippen LogP contribution in [0.1, 0.15) is 33.6 Å². The highest BCUT2D eigenvalue weighted by Crippen LogP contribution is 2.07. The second-order valence-corrected chi connectivity index (χ2v) is 4.03. The quantitative estimate of drug-likeness (QED) is 0.559. The van der Waals surface area contributed by atoms with Gasteiger partial charge in [-0.1, -0.05) is 6.92 Å². The van der Waals surface area contributed by atoms with Crippen LogP contribution in [0.25, 0.3) is 0 Å². The Kier molecular flexibility index (Phi) is 4.56. The molecule has 14 heavy (non-hydrogen) atoms. The molecule has 0 aliphatic heterocycles. The summed E-state index contributed by atoms with van der Waals surface area (Å²) in [7, 11) is 0. The highest BCUT2D eigenvalue weighted by molar-refractivity contribution is 5.83. The Labute approximate surface area is 84.2 Å². The molecule has 0 fully saturated rings. The van der Waals surface area contributed by atoms with E-state index in [4.69, 9.17) is 11.5 Å². The lowest BCUT2D eigenvalue weighted by Gasteiger charge is -2.26. The van der Waals surface area contributed by atoms with Crippen LogP contribution in [-0.4, -0.2) is 23.4 Å². The van der Waals surface area contributed by atoms with Crippen molar-refractivity contribution in [3.05, 3.63) is 0 Å². The standard InChI is InChI=1S/C9H19N3O2/c1-4-6(10)8(14)12-9(2,3)5-7(11)13/h6H,4-5,10H2,1-3H3,(H2,11,13)(H,12,14)/t6-/m0/s1. The van der Waals surface area contributed by atoms with Crippen molar-refractivity contribution >= 4 is 11.8 Å². The van der Waals surface area contributed by atoms with Crippen LogP contribution >= 0.6 is 0 Å². The maximum absolute atomic E-state index is 11.4. The number of amides is 2. The zero-order valence-corrected chi connectivity index (χ0v) is 8.96. The van der Waals surface area contributed by atoms with Gasteiger partial charge in [-0.2, -0.15) is 0 Å². The van der Waals surface area contributed by atoms with E-state index in [1.54, 1.807) is 13.8 Å². The lowest BCUT2D eigenvalue weighted by molar-refractivity contribution is -0.125. The summed E-state index contributed by atoms with van der Waals surface area (Å²) in [6.07, 6.45) is 0.674. The largest absolute Gasteiger partial charge is 0.370 e. The smallest absolute Gasteiger partial charge is 0.237 e. The maximum atomic E-state index is 11.4. The van der Waals surface area contributed by atoms with Crippen LogP contribution in [0.5, 0.6) is 0 Å². The van der Waals surface area contributed by atoms with Gasteiger partial charge in [-0.05, 0) is 20.3 Å². The van der Waals surface area contributed by atoms with Crippen molar-refractivity contribution in [1.29, 1.82) is 0 Å². The molecule has 2 amide bonds. The maximum Gasteiger partial charge on any atom is 0.237 e. The van der Waals surface area contributed by atoms with Gasteiger partial charge in [0, 0.05) is 12.0 Å². The van der Waals surface area contributed by atoms with E-state index >= 15 is 0 Å². The summed E-state index contributed by atoms with van der Waals surface area (Å²) >= 11 is 0. The van der Waals surface area contributed by atoms with E-state index in [1.807, 2.05) is 6.92 Å². The van der Waals surface area contributed by atoms with E-state index in [0.717, 1.165) is 0 Å². The monoisotopic (exact) mass is 201 g/mol. The zero-order valence-electron chi connectivity index (χ0n) is 8.96. The number of hydrogen-bond acceptors (Lipinski definition) is 3. The lowest BCUT2D eigenvalue weighted by atomic mass is 9.99. The van der Waals surface area contributed by atoms with Gasteiger partial charge in [0.15, 0.2) is 0 Å². The number of nitrogens with two attached hydrogens (primary N) is 2. The van der Waals surface area contributed by atoms with E-state index in [-0.39, 0.29) is 12.3 Å². The van der Waals surface area contributed by atoms with Crippen molar-refractivity contribution in [3.8, 4) is 0 Å². The lowest BCUT2D eigenvalue weighted by Crippen LogP contribution is -2.51. The van der Waals surface area contributed by atoms with Crippen LogP contribution in [0.2, 0.25) is 0 Å². The molecule has 5 nitrogen and oxygen atoms in total. The van der Waals surface area contributed by atoms with Gasteiger partial charge in [0.25, 0.3) is 0 Å². The highest BCUT2D eigenvalue weighted by atomic mass is 16.2. The van der Waals surface area contributed by atoms with E-state index in [0.29, 0.717) is 6.42 Å². The summed E-state index contributed by atoms with van der Waals surface area (Å²) in [6, 6.07) is -0.526. The van der Waals surface area contributed by atoms with Crippen molar-refractivity contribution in [2.24, 2.45) is 11.5 Å². The highest BCUT2D eigenvalue weighted by Gasteiger charge is 2.24. The SMILES string of the molecule is CC[C@H](N)C(=O)NC(C)(C)CC(N)=O. The fraction of sp³-hybridized carbons (Fsp3) is 0.778. The Hall–Kier alpha value is -1.10. The molecule has 0 aliphatic carbocycles. The summed E-state index contributed by atoms with van der Waals surface area (Å²) in [5.41, 5.74) is 9.94. The Morgan fingerprint density at radius 2 is 1.93 bits per heavy atom.